The van der Waals surface area contributed by atoms with E-state index in [9.17, 15) is 14.4 Å². The topological polar surface area (TPSA) is 78.9 Å². The number of rotatable bonds is 53. The van der Waals surface area contributed by atoms with Crippen LogP contribution in [0.2, 0.25) is 0 Å². The van der Waals surface area contributed by atoms with E-state index in [1.165, 1.54) is 218 Å². The van der Waals surface area contributed by atoms with Crippen LogP contribution < -0.4 is 0 Å². The van der Waals surface area contributed by atoms with Gasteiger partial charge in [-0.1, -0.05) is 291 Å². The van der Waals surface area contributed by atoms with E-state index in [1.807, 2.05) is 0 Å². The normalized spacial score (nSPS) is 12.5. The van der Waals surface area contributed by atoms with Gasteiger partial charge in [0.1, 0.15) is 13.2 Å². The summed E-state index contributed by atoms with van der Waals surface area (Å²) in [4.78, 5) is 38.2. The van der Waals surface area contributed by atoms with Crippen LogP contribution in [0, 0.1) is 11.8 Å². The van der Waals surface area contributed by atoms with Crippen LogP contribution in [0.1, 0.15) is 330 Å². The Morgan fingerprint density at radius 2 is 0.585 bits per heavy atom. The molecule has 0 heterocycles. The highest BCUT2D eigenvalue weighted by Crippen LogP contribution is 2.19. The molecule has 0 rings (SSSR count). The Kier molecular flexibility index (Phi) is 50.5. The molecule has 0 spiro atoms. The van der Waals surface area contributed by atoms with Crippen molar-refractivity contribution in [3.63, 3.8) is 0 Å². The Labute approximate surface area is 406 Å². The molecule has 6 heteroatoms. The fourth-order valence-corrected chi connectivity index (χ4v) is 9.02. The molecule has 0 aromatic rings. The molecule has 386 valence electrons. The number of hydrogen-bond acceptors (Lipinski definition) is 6. The van der Waals surface area contributed by atoms with Crippen LogP contribution in [0.15, 0.2) is 0 Å². The van der Waals surface area contributed by atoms with Gasteiger partial charge >= 0.3 is 17.9 Å². The number of carbonyl (C=O) groups excluding carboxylic acids is 3. The third-order valence-electron chi connectivity index (χ3n) is 13.8. The van der Waals surface area contributed by atoms with Gasteiger partial charge in [0.05, 0.1) is 0 Å². The molecule has 0 radical (unpaired) electrons. The van der Waals surface area contributed by atoms with E-state index >= 15 is 0 Å². The van der Waals surface area contributed by atoms with Crippen molar-refractivity contribution in [3.8, 4) is 0 Å². The molecule has 0 aliphatic carbocycles. The zero-order valence-electron chi connectivity index (χ0n) is 44.6. The lowest BCUT2D eigenvalue weighted by atomic mass is 9.99. The minimum Gasteiger partial charge on any atom is -0.462 e. The summed E-state index contributed by atoms with van der Waals surface area (Å²) in [6.45, 7) is 11.4. The molecule has 1 unspecified atom stereocenters. The first-order chi connectivity index (χ1) is 31.8. The summed E-state index contributed by atoms with van der Waals surface area (Å²) in [5.41, 5.74) is 0. The molecule has 0 amide bonds. The molecule has 0 aromatic heterocycles. The Bertz CT molecular complexity index is 995. The van der Waals surface area contributed by atoms with Gasteiger partial charge in [0, 0.05) is 19.3 Å². The largest absolute Gasteiger partial charge is 0.462 e. The molecule has 6 nitrogen and oxygen atoms in total. The van der Waals surface area contributed by atoms with Gasteiger partial charge in [-0.2, -0.15) is 0 Å². The monoisotopic (exact) mass is 919 g/mol. The highest BCUT2D eigenvalue weighted by Gasteiger charge is 2.19. The number of unbranched alkanes of at least 4 members (excludes halogenated alkanes) is 37. The summed E-state index contributed by atoms with van der Waals surface area (Å²) >= 11 is 0. The molecule has 0 N–H and O–H groups in total. The summed E-state index contributed by atoms with van der Waals surface area (Å²) in [6.07, 6.45) is 55.1. The zero-order chi connectivity index (χ0) is 47.5. The fraction of sp³-hybridized carbons (Fsp3) is 0.949. The number of hydrogen-bond donors (Lipinski definition) is 0. The minimum atomic E-state index is -0.763. The van der Waals surface area contributed by atoms with Crippen molar-refractivity contribution in [2.45, 2.75) is 336 Å². The smallest absolute Gasteiger partial charge is 0.306 e. The lowest BCUT2D eigenvalue weighted by molar-refractivity contribution is -0.167. The highest BCUT2D eigenvalue weighted by atomic mass is 16.6. The van der Waals surface area contributed by atoms with Gasteiger partial charge in [-0.3, -0.25) is 14.4 Å². The summed E-state index contributed by atoms with van der Waals surface area (Å²) < 4.78 is 16.9. The van der Waals surface area contributed by atoms with E-state index in [1.54, 1.807) is 0 Å². The minimum absolute atomic E-state index is 0.0626. The van der Waals surface area contributed by atoms with Crippen LogP contribution in [0.25, 0.3) is 0 Å². The van der Waals surface area contributed by atoms with Crippen LogP contribution in [-0.4, -0.2) is 37.2 Å². The van der Waals surface area contributed by atoms with Gasteiger partial charge in [0.15, 0.2) is 6.10 Å². The van der Waals surface area contributed by atoms with E-state index in [2.05, 4.69) is 34.6 Å². The zero-order valence-corrected chi connectivity index (χ0v) is 44.6. The molecular formula is C59H114O6. The molecule has 0 aromatic carbocycles. The first-order valence-corrected chi connectivity index (χ1v) is 29.3. The molecule has 0 saturated carbocycles. The Morgan fingerprint density at radius 1 is 0.323 bits per heavy atom. The van der Waals surface area contributed by atoms with Gasteiger partial charge in [-0.15, -0.1) is 0 Å². The third-order valence-corrected chi connectivity index (χ3v) is 13.8. The van der Waals surface area contributed by atoms with Crippen LogP contribution in [-0.2, 0) is 28.6 Å². The predicted octanol–water partition coefficient (Wildman–Crippen LogP) is 19.3. The van der Waals surface area contributed by atoms with Gasteiger partial charge in [0.2, 0.25) is 0 Å². The first-order valence-electron chi connectivity index (χ1n) is 29.3. The summed E-state index contributed by atoms with van der Waals surface area (Å²) in [6, 6.07) is 0. The van der Waals surface area contributed by atoms with Gasteiger partial charge < -0.3 is 14.2 Å². The SMILES string of the molecule is CCCCCCCCCCCCCCCCCC(=O)OC[C@@H](COC(=O)CCCCCCCCCCCCC(C)CC)OC(=O)CCCCCCCCCCCCCCCCCC(C)C. The molecule has 0 bridgehead atoms. The molecule has 0 aliphatic heterocycles. The molecule has 0 fully saturated rings. The third kappa shape index (κ3) is 51.6. The Balaban J connectivity index is 4.30. The lowest BCUT2D eigenvalue weighted by Crippen LogP contribution is -2.30. The fourth-order valence-electron chi connectivity index (χ4n) is 9.02. The molecule has 2 atom stereocenters. The maximum Gasteiger partial charge on any atom is 0.306 e. The van der Waals surface area contributed by atoms with Crippen LogP contribution in [0.5, 0.6) is 0 Å². The summed E-state index contributed by atoms with van der Waals surface area (Å²) in [5, 5.41) is 0. The number of carbonyl (C=O) groups is 3. The van der Waals surface area contributed by atoms with Gasteiger partial charge in [-0.05, 0) is 31.1 Å². The molecular weight excluding hydrogens is 805 g/mol. The lowest BCUT2D eigenvalue weighted by Gasteiger charge is -2.18. The van der Waals surface area contributed by atoms with Crippen molar-refractivity contribution in [3.05, 3.63) is 0 Å². The average molecular weight is 920 g/mol. The van der Waals surface area contributed by atoms with Crippen LogP contribution >= 0.6 is 0 Å². The second-order valence-corrected chi connectivity index (χ2v) is 21.0. The van der Waals surface area contributed by atoms with E-state index in [-0.39, 0.29) is 31.1 Å². The van der Waals surface area contributed by atoms with Crippen molar-refractivity contribution in [2.24, 2.45) is 11.8 Å². The Hall–Kier alpha value is -1.59. The molecule has 0 aliphatic rings. The van der Waals surface area contributed by atoms with Crippen LogP contribution in [0.4, 0.5) is 0 Å². The summed E-state index contributed by atoms with van der Waals surface area (Å²) in [5.74, 6) is 0.879. The van der Waals surface area contributed by atoms with Crippen molar-refractivity contribution < 1.29 is 28.6 Å². The van der Waals surface area contributed by atoms with Crippen molar-refractivity contribution in [2.75, 3.05) is 13.2 Å². The van der Waals surface area contributed by atoms with Crippen molar-refractivity contribution >= 4 is 17.9 Å². The maximum absolute atomic E-state index is 12.9. The van der Waals surface area contributed by atoms with Crippen LogP contribution in [0.3, 0.4) is 0 Å². The Morgan fingerprint density at radius 3 is 0.877 bits per heavy atom. The quantitative estimate of drug-likeness (QED) is 0.0344. The highest BCUT2D eigenvalue weighted by molar-refractivity contribution is 5.71. The van der Waals surface area contributed by atoms with E-state index in [4.69, 9.17) is 14.2 Å². The molecule has 0 saturated heterocycles. The van der Waals surface area contributed by atoms with E-state index in [0.29, 0.717) is 19.3 Å². The second kappa shape index (κ2) is 51.8. The predicted molar refractivity (Wildman–Crippen MR) is 280 cm³/mol. The van der Waals surface area contributed by atoms with Crippen molar-refractivity contribution in [1.82, 2.24) is 0 Å². The van der Waals surface area contributed by atoms with E-state index < -0.39 is 6.10 Å². The maximum atomic E-state index is 12.9. The van der Waals surface area contributed by atoms with Gasteiger partial charge in [-0.25, -0.2) is 0 Å². The first kappa shape index (κ1) is 63.4. The average Bonchev–Trinajstić information content (AvgIpc) is 3.29. The number of ether oxygens (including phenoxy) is 3. The van der Waals surface area contributed by atoms with E-state index in [0.717, 1.165) is 69.6 Å². The summed E-state index contributed by atoms with van der Waals surface area (Å²) in [7, 11) is 0. The second-order valence-electron chi connectivity index (χ2n) is 21.0. The number of esters is 3. The molecule has 65 heavy (non-hydrogen) atoms. The van der Waals surface area contributed by atoms with Crippen molar-refractivity contribution in [1.29, 1.82) is 0 Å². The van der Waals surface area contributed by atoms with Gasteiger partial charge in [0.25, 0.3) is 0 Å². The standard InChI is InChI=1S/C59H114O6/c1-6-8-9-10-11-12-13-14-16-20-23-29-34-39-44-49-57(60)63-52-56(53-64-58(61)50-45-40-35-30-26-25-28-33-38-43-48-55(5)7-2)65-59(62)51-46-41-36-31-24-21-18-15-17-19-22-27-32-37-42-47-54(3)4/h54-56H,6-53H2,1-5H3/t55?,56-/m0/s1.